The third-order valence-electron chi connectivity index (χ3n) is 5.03. The van der Waals surface area contributed by atoms with E-state index in [0.717, 1.165) is 31.5 Å². The highest BCUT2D eigenvalue weighted by Crippen LogP contribution is 2.17. The minimum atomic E-state index is -0.667. The second kappa shape index (κ2) is 9.00. The van der Waals surface area contributed by atoms with Crippen molar-refractivity contribution in [3.05, 3.63) is 35.9 Å². The molecule has 1 atom stereocenters. The molecule has 1 aromatic rings. The van der Waals surface area contributed by atoms with Crippen molar-refractivity contribution in [2.45, 2.75) is 24.9 Å². The number of carbonyl (C=O) groups excluding carboxylic acids is 2. The molecule has 0 bridgehead atoms. The normalized spacial score (nSPS) is 20.4. The molecule has 0 radical (unpaired) electrons. The van der Waals surface area contributed by atoms with Gasteiger partial charge in [-0.25, -0.2) is 4.79 Å². The number of hydrogen-bond acceptors (Lipinski definition) is 4. The Bertz CT molecular complexity index is 596. The van der Waals surface area contributed by atoms with Crippen LogP contribution >= 0.6 is 0 Å². The summed E-state index contributed by atoms with van der Waals surface area (Å²) in [6.07, 6.45) is 1.60. The summed E-state index contributed by atoms with van der Waals surface area (Å²) in [7, 11) is 2.05. The predicted molar refractivity (Wildman–Crippen MR) is 98.8 cm³/mol. The molecule has 3 rings (SSSR count). The number of hydrogen-bond donors (Lipinski definition) is 2. The van der Waals surface area contributed by atoms with Gasteiger partial charge in [-0.1, -0.05) is 30.3 Å². The van der Waals surface area contributed by atoms with E-state index >= 15 is 0 Å². The molecule has 2 fully saturated rings. The third-order valence-corrected chi connectivity index (χ3v) is 5.03. The van der Waals surface area contributed by atoms with Gasteiger partial charge < -0.3 is 25.2 Å². The van der Waals surface area contributed by atoms with Crippen molar-refractivity contribution in [1.82, 2.24) is 20.4 Å². The Hall–Kier alpha value is -2.12. The van der Waals surface area contributed by atoms with Crippen molar-refractivity contribution in [2.75, 3.05) is 46.4 Å². The number of amides is 3. The number of likely N-dealkylation sites (N-methyl/N-ethyl adjacent to an activating group) is 1. The molecule has 2 aliphatic rings. The second-order valence-corrected chi connectivity index (χ2v) is 6.98. The van der Waals surface area contributed by atoms with Crippen molar-refractivity contribution >= 4 is 11.9 Å². The largest absolute Gasteiger partial charge is 0.381 e. The van der Waals surface area contributed by atoms with E-state index in [1.807, 2.05) is 35.2 Å². The van der Waals surface area contributed by atoms with E-state index in [1.54, 1.807) is 0 Å². The highest BCUT2D eigenvalue weighted by molar-refractivity contribution is 5.88. The first kappa shape index (κ1) is 18.7. The third kappa shape index (κ3) is 4.95. The van der Waals surface area contributed by atoms with Crippen LogP contribution in [0.15, 0.2) is 30.3 Å². The zero-order chi connectivity index (χ0) is 18.4. The Kier molecular flexibility index (Phi) is 6.46. The van der Waals surface area contributed by atoms with Crippen LogP contribution in [0.4, 0.5) is 4.79 Å². The van der Waals surface area contributed by atoms with E-state index in [0.29, 0.717) is 26.3 Å². The Morgan fingerprint density at radius 1 is 1.08 bits per heavy atom. The molecule has 2 N–H and O–H groups in total. The van der Waals surface area contributed by atoms with Gasteiger partial charge in [0.15, 0.2) is 0 Å². The summed E-state index contributed by atoms with van der Waals surface area (Å²) in [4.78, 5) is 29.6. The highest BCUT2D eigenvalue weighted by atomic mass is 16.5. The predicted octanol–water partition coefficient (Wildman–Crippen LogP) is 0.980. The van der Waals surface area contributed by atoms with Crippen LogP contribution in [0.2, 0.25) is 0 Å². The monoisotopic (exact) mass is 360 g/mol. The van der Waals surface area contributed by atoms with Crippen LogP contribution in [0.25, 0.3) is 0 Å². The summed E-state index contributed by atoms with van der Waals surface area (Å²) < 4.78 is 5.32. The number of urea groups is 1. The smallest absolute Gasteiger partial charge is 0.315 e. The van der Waals surface area contributed by atoms with Gasteiger partial charge in [-0.15, -0.1) is 0 Å². The molecule has 7 nitrogen and oxygen atoms in total. The van der Waals surface area contributed by atoms with Crippen LogP contribution in [-0.4, -0.2) is 74.2 Å². The Morgan fingerprint density at radius 2 is 1.73 bits per heavy atom. The van der Waals surface area contributed by atoms with E-state index in [9.17, 15) is 9.59 Å². The van der Waals surface area contributed by atoms with E-state index < -0.39 is 6.04 Å². The van der Waals surface area contributed by atoms with Crippen molar-refractivity contribution < 1.29 is 14.3 Å². The number of carbonyl (C=O) groups is 2. The van der Waals surface area contributed by atoms with Crippen molar-refractivity contribution in [3.8, 4) is 0 Å². The van der Waals surface area contributed by atoms with Crippen LogP contribution < -0.4 is 10.6 Å². The van der Waals surface area contributed by atoms with Gasteiger partial charge in [0.1, 0.15) is 6.04 Å². The Balaban J connectivity index is 1.67. The summed E-state index contributed by atoms with van der Waals surface area (Å²) in [5.74, 6) is -0.0496. The zero-order valence-corrected chi connectivity index (χ0v) is 15.3. The first-order chi connectivity index (χ1) is 12.6. The van der Waals surface area contributed by atoms with Gasteiger partial charge in [0.25, 0.3) is 0 Å². The molecule has 3 amide bonds. The van der Waals surface area contributed by atoms with Gasteiger partial charge >= 0.3 is 6.03 Å². The first-order valence-electron chi connectivity index (χ1n) is 9.30. The first-order valence-corrected chi connectivity index (χ1v) is 9.30. The lowest BCUT2D eigenvalue weighted by Gasteiger charge is -2.35. The van der Waals surface area contributed by atoms with E-state index in [2.05, 4.69) is 22.6 Å². The van der Waals surface area contributed by atoms with Crippen molar-refractivity contribution in [2.24, 2.45) is 0 Å². The molecular weight excluding hydrogens is 332 g/mol. The molecule has 0 aliphatic carbocycles. The van der Waals surface area contributed by atoms with E-state index in [1.165, 1.54) is 0 Å². The van der Waals surface area contributed by atoms with Gasteiger partial charge in [-0.05, 0) is 25.5 Å². The van der Waals surface area contributed by atoms with Crippen LogP contribution in [0.3, 0.4) is 0 Å². The van der Waals surface area contributed by atoms with Crippen LogP contribution in [0.1, 0.15) is 24.4 Å². The fraction of sp³-hybridized carbons (Fsp3) is 0.579. The van der Waals surface area contributed by atoms with Gasteiger partial charge in [0.05, 0.1) is 0 Å². The van der Waals surface area contributed by atoms with Gasteiger partial charge in [-0.3, -0.25) is 4.79 Å². The maximum Gasteiger partial charge on any atom is 0.315 e. The zero-order valence-electron chi connectivity index (χ0n) is 15.3. The van der Waals surface area contributed by atoms with Gasteiger partial charge in [0.2, 0.25) is 5.91 Å². The quantitative estimate of drug-likeness (QED) is 0.840. The van der Waals surface area contributed by atoms with E-state index in [4.69, 9.17) is 4.74 Å². The molecule has 2 saturated heterocycles. The van der Waals surface area contributed by atoms with Gasteiger partial charge in [0, 0.05) is 45.4 Å². The van der Waals surface area contributed by atoms with Crippen LogP contribution in [0, 0.1) is 0 Å². The van der Waals surface area contributed by atoms with Crippen LogP contribution in [-0.2, 0) is 9.53 Å². The standard InChI is InChI=1S/C19H28N4O3/c1-22-9-11-23(12-10-22)18(24)17(15-5-3-2-4-6-15)21-19(25)20-16-7-13-26-14-8-16/h2-6,16-17H,7-14H2,1H3,(H2,20,21,25). The minimum Gasteiger partial charge on any atom is -0.381 e. The van der Waals surface area contributed by atoms with Crippen molar-refractivity contribution in [1.29, 1.82) is 0 Å². The summed E-state index contributed by atoms with van der Waals surface area (Å²) in [5, 5.41) is 5.87. The number of rotatable bonds is 4. The molecule has 142 valence electrons. The second-order valence-electron chi connectivity index (χ2n) is 6.98. The molecule has 1 unspecified atom stereocenters. The number of nitrogens with one attached hydrogen (secondary N) is 2. The molecule has 2 aliphatic heterocycles. The maximum atomic E-state index is 13.1. The lowest BCUT2D eigenvalue weighted by molar-refractivity contribution is -0.135. The number of ether oxygens (including phenoxy) is 1. The molecule has 1 aromatic carbocycles. The molecule has 0 saturated carbocycles. The summed E-state index contributed by atoms with van der Waals surface area (Å²) in [6.45, 7) is 4.38. The lowest BCUT2D eigenvalue weighted by Crippen LogP contribution is -2.53. The lowest BCUT2D eigenvalue weighted by atomic mass is 10.0. The van der Waals surface area contributed by atoms with E-state index in [-0.39, 0.29) is 18.0 Å². The average molecular weight is 360 g/mol. The molecule has 0 spiro atoms. The molecule has 2 heterocycles. The summed E-state index contributed by atoms with van der Waals surface area (Å²) in [6, 6.07) is 8.57. The molecule has 26 heavy (non-hydrogen) atoms. The van der Waals surface area contributed by atoms with Crippen molar-refractivity contribution in [3.63, 3.8) is 0 Å². The maximum absolute atomic E-state index is 13.1. The molecule has 0 aromatic heterocycles. The number of benzene rings is 1. The molecular formula is C19H28N4O3. The summed E-state index contributed by atoms with van der Waals surface area (Å²) in [5.41, 5.74) is 0.804. The Labute approximate surface area is 154 Å². The minimum absolute atomic E-state index is 0.0496. The Morgan fingerprint density at radius 3 is 2.38 bits per heavy atom. The number of nitrogens with zero attached hydrogens (tertiary/aromatic N) is 2. The van der Waals surface area contributed by atoms with Crippen LogP contribution in [0.5, 0.6) is 0 Å². The average Bonchev–Trinajstić information content (AvgIpc) is 2.68. The topological polar surface area (TPSA) is 73.9 Å². The fourth-order valence-corrected chi connectivity index (χ4v) is 3.34. The summed E-state index contributed by atoms with van der Waals surface area (Å²) >= 11 is 0. The van der Waals surface area contributed by atoms with Gasteiger partial charge in [-0.2, -0.15) is 0 Å². The SMILES string of the molecule is CN1CCN(C(=O)C(NC(=O)NC2CCOCC2)c2ccccc2)CC1. The molecule has 7 heteroatoms. The highest BCUT2D eigenvalue weighted by Gasteiger charge is 2.29. The number of piperazine rings is 1. The fourth-order valence-electron chi connectivity index (χ4n) is 3.34.